The molecule has 0 unspecified atom stereocenters. The number of hydrogen-bond donors (Lipinski definition) is 1. The number of fused-ring (bicyclic) bond motifs is 4. The number of carbonyl (C=O) groups is 2. The van der Waals surface area contributed by atoms with E-state index in [0.717, 1.165) is 16.3 Å². The molecule has 15 heteroatoms. The van der Waals surface area contributed by atoms with E-state index in [1.165, 1.54) is 53.7 Å². The monoisotopic (exact) mass is 904 g/mol. The van der Waals surface area contributed by atoms with Gasteiger partial charge in [-0.1, -0.05) is 107 Å². The minimum atomic E-state index is -3.86. The predicted molar refractivity (Wildman–Crippen MR) is 224 cm³/mol. The van der Waals surface area contributed by atoms with Crippen molar-refractivity contribution in [3.63, 3.8) is 0 Å². The molecule has 0 atom stereocenters. The van der Waals surface area contributed by atoms with E-state index < -0.39 is 19.7 Å². The molecule has 55 heavy (non-hydrogen) atoms. The van der Waals surface area contributed by atoms with E-state index in [4.69, 9.17) is 58.0 Å². The predicted octanol–water partition coefficient (Wildman–Crippen LogP) is 11.8. The highest BCUT2D eigenvalue weighted by Crippen LogP contribution is 2.44. The topological polar surface area (TPSA) is 102 Å². The van der Waals surface area contributed by atoms with Gasteiger partial charge in [-0.15, -0.1) is 11.8 Å². The molecule has 0 spiro atoms. The highest BCUT2D eigenvalue weighted by molar-refractivity contribution is 7.98. The molecule has 0 aromatic heterocycles. The van der Waals surface area contributed by atoms with E-state index in [2.05, 4.69) is 12.6 Å². The first kappa shape index (κ1) is 41.3. The zero-order valence-electron chi connectivity index (χ0n) is 28.0. The SMILES string of the molecule is O=C1c2ccccc2S(=O)(=O)c2c1ccc(Cl)c2Cl.O=C1c2ccccc2S(=O)(=O)c2c1ccc(SCc1ccc(Cl)cc1)c2Cl.SCc1ccc(Cl)cc1. The third-order valence-electron chi connectivity index (χ3n) is 8.38. The third kappa shape index (κ3) is 8.40. The molecule has 0 amide bonds. The van der Waals surface area contributed by atoms with Crippen LogP contribution in [0.2, 0.25) is 25.1 Å². The van der Waals surface area contributed by atoms with Crippen molar-refractivity contribution in [1.82, 2.24) is 0 Å². The van der Waals surface area contributed by atoms with Gasteiger partial charge in [-0.25, -0.2) is 16.8 Å². The smallest absolute Gasteiger partial charge is 0.209 e. The van der Waals surface area contributed by atoms with Crippen LogP contribution in [-0.2, 0) is 31.2 Å². The molecule has 0 bridgehead atoms. The summed E-state index contributed by atoms with van der Waals surface area (Å²) in [4.78, 5) is 25.3. The van der Waals surface area contributed by atoms with Gasteiger partial charge < -0.3 is 0 Å². The first-order valence-electron chi connectivity index (χ1n) is 16.0. The van der Waals surface area contributed by atoms with Crippen LogP contribution in [0.3, 0.4) is 0 Å². The second-order valence-electron chi connectivity index (χ2n) is 11.8. The van der Waals surface area contributed by atoms with Gasteiger partial charge in [0.15, 0.2) is 11.6 Å². The van der Waals surface area contributed by atoms with Crippen molar-refractivity contribution in [2.75, 3.05) is 0 Å². The van der Waals surface area contributed by atoms with Gasteiger partial charge in [0, 0.05) is 48.7 Å². The number of hydrogen-bond acceptors (Lipinski definition) is 8. The van der Waals surface area contributed by atoms with Crippen molar-refractivity contribution < 1.29 is 26.4 Å². The lowest BCUT2D eigenvalue weighted by atomic mass is 10.0. The average Bonchev–Trinajstić information content (AvgIpc) is 3.18. The van der Waals surface area contributed by atoms with Gasteiger partial charge in [-0.2, -0.15) is 12.6 Å². The minimum Gasteiger partial charge on any atom is -0.289 e. The molecular formula is C40H25Cl5O6S4. The zero-order valence-corrected chi connectivity index (χ0v) is 35.1. The molecule has 6 nitrogen and oxygen atoms in total. The third-order valence-corrected chi connectivity index (χ3v) is 15.7. The Morgan fingerprint density at radius 3 is 1.42 bits per heavy atom. The number of halogens is 5. The summed E-state index contributed by atoms with van der Waals surface area (Å²) in [5.41, 5.74) is 2.75. The van der Waals surface area contributed by atoms with Crippen LogP contribution in [0.15, 0.2) is 146 Å². The lowest BCUT2D eigenvalue weighted by Gasteiger charge is -2.21. The Morgan fingerprint density at radius 1 is 0.491 bits per heavy atom. The van der Waals surface area contributed by atoms with Crippen molar-refractivity contribution in [3.05, 3.63) is 180 Å². The van der Waals surface area contributed by atoms with Crippen LogP contribution in [0, 0.1) is 0 Å². The molecule has 8 rings (SSSR count). The quantitative estimate of drug-likeness (QED) is 0.139. The summed E-state index contributed by atoms with van der Waals surface area (Å²) in [5, 5.41) is 1.52. The maximum Gasteiger partial charge on any atom is 0.209 e. The Morgan fingerprint density at radius 2 is 0.927 bits per heavy atom. The molecule has 280 valence electrons. The molecule has 0 saturated carbocycles. The molecule has 6 aromatic carbocycles. The fourth-order valence-electron chi connectivity index (χ4n) is 5.68. The van der Waals surface area contributed by atoms with Gasteiger partial charge in [-0.05, 0) is 83.9 Å². The zero-order chi connectivity index (χ0) is 39.7. The summed E-state index contributed by atoms with van der Waals surface area (Å²) < 4.78 is 51.2. The average molecular weight is 907 g/mol. The number of carbonyl (C=O) groups excluding carboxylic acids is 2. The van der Waals surface area contributed by atoms with E-state index in [-0.39, 0.29) is 68.5 Å². The van der Waals surface area contributed by atoms with Gasteiger partial charge in [-0.3, -0.25) is 9.59 Å². The number of rotatable bonds is 4. The van der Waals surface area contributed by atoms with Crippen LogP contribution >= 0.6 is 82.4 Å². The minimum absolute atomic E-state index is 0.00394. The van der Waals surface area contributed by atoms with Gasteiger partial charge >= 0.3 is 0 Å². The molecule has 0 radical (unpaired) electrons. The summed E-state index contributed by atoms with van der Waals surface area (Å²) in [6.07, 6.45) is 0. The van der Waals surface area contributed by atoms with Crippen LogP contribution in [0.5, 0.6) is 0 Å². The summed E-state index contributed by atoms with van der Waals surface area (Å²) in [6.45, 7) is 0. The van der Waals surface area contributed by atoms with Gasteiger partial charge in [0.1, 0.15) is 9.79 Å². The lowest BCUT2D eigenvalue weighted by molar-refractivity contribution is 0.102. The van der Waals surface area contributed by atoms with Crippen molar-refractivity contribution in [2.24, 2.45) is 0 Å². The normalized spacial score (nSPS) is 14.1. The highest BCUT2D eigenvalue weighted by atomic mass is 35.5. The molecular weight excluding hydrogens is 882 g/mol. The Balaban J connectivity index is 0.000000159. The Kier molecular flexibility index (Phi) is 12.8. The van der Waals surface area contributed by atoms with Gasteiger partial charge in [0.25, 0.3) is 0 Å². The van der Waals surface area contributed by atoms with Crippen LogP contribution in [-0.4, -0.2) is 28.4 Å². The molecule has 0 saturated heterocycles. The van der Waals surface area contributed by atoms with Crippen LogP contribution in [0.1, 0.15) is 43.0 Å². The second-order valence-corrected chi connectivity index (χ2v) is 18.9. The number of ketones is 2. The number of thioether (sulfide) groups is 1. The van der Waals surface area contributed by atoms with Crippen molar-refractivity contribution in [1.29, 1.82) is 0 Å². The van der Waals surface area contributed by atoms with E-state index >= 15 is 0 Å². The summed E-state index contributed by atoms with van der Waals surface area (Å²) in [7, 11) is -7.68. The summed E-state index contributed by atoms with van der Waals surface area (Å²) in [6, 6.07) is 33.4. The first-order chi connectivity index (χ1) is 26.2. The maximum absolute atomic E-state index is 13.1. The van der Waals surface area contributed by atoms with E-state index in [1.54, 1.807) is 48.5 Å². The van der Waals surface area contributed by atoms with Crippen LogP contribution in [0.4, 0.5) is 0 Å². The van der Waals surface area contributed by atoms with E-state index in [9.17, 15) is 26.4 Å². The van der Waals surface area contributed by atoms with Crippen molar-refractivity contribution in [3.8, 4) is 0 Å². The second kappa shape index (κ2) is 17.1. The van der Waals surface area contributed by atoms with E-state index in [1.807, 2.05) is 36.4 Å². The molecule has 0 aliphatic carbocycles. The van der Waals surface area contributed by atoms with E-state index in [0.29, 0.717) is 15.7 Å². The Hall–Kier alpha value is -3.29. The van der Waals surface area contributed by atoms with Crippen LogP contribution < -0.4 is 0 Å². The van der Waals surface area contributed by atoms with Gasteiger partial charge in [0.05, 0.1) is 24.9 Å². The fourth-order valence-corrected chi connectivity index (χ4v) is 11.9. The first-order valence-corrected chi connectivity index (χ1v) is 22.4. The summed E-state index contributed by atoms with van der Waals surface area (Å²) in [5.74, 6) is 0.683. The number of sulfone groups is 2. The molecule has 2 heterocycles. The molecule has 0 fully saturated rings. The standard InChI is InChI=1S/C20H12Cl2O3S2.C13H6Cl2O3S.C7H7ClS/c21-13-7-5-12(6-8-13)11-26-16-10-9-15-19(23)14-3-1-2-4-17(14)27(24,25)20(15)18(16)22;14-9-6-5-8-12(16)7-3-1-2-4-10(7)19(17,18)13(8)11(9)15;8-7-3-1-6(5-9)2-4-7/h1-10H,11H2;1-6H;1-4,9H,5H2. The van der Waals surface area contributed by atoms with Gasteiger partial charge in [0.2, 0.25) is 19.7 Å². The van der Waals surface area contributed by atoms with Crippen molar-refractivity contribution in [2.45, 2.75) is 36.0 Å². The number of benzene rings is 6. The fraction of sp³-hybridized carbons (Fsp3) is 0.0500. The maximum atomic E-state index is 13.1. The summed E-state index contributed by atoms with van der Waals surface area (Å²) >= 11 is 35.3. The van der Waals surface area contributed by atoms with Crippen LogP contribution in [0.25, 0.3) is 0 Å². The van der Waals surface area contributed by atoms with Crippen molar-refractivity contribution >= 4 is 114 Å². The molecule has 6 aromatic rings. The molecule has 2 aliphatic heterocycles. The Labute approximate surface area is 353 Å². The number of thiol groups is 1. The Bertz CT molecular complexity index is 2700. The highest BCUT2D eigenvalue weighted by Gasteiger charge is 2.38. The lowest BCUT2D eigenvalue weighted by Crippen LogP contribution is -2.20. The largest absolute Gasteiger partial charge is 0.289 e. The molecule has 2 aliphatic rings. The molecule has 0 N–H and O–H groups in total.